The molecule has 0 saturated carbocycles. The van der Waals surface area contributed by atoms with Crippen molar-refractivity contribution in [1.29, 1.82) is 0 Å². The molecular weight excluding hydrogens is 523 g/mol. The summed E-state index contributed by atoms with van der Waals surface area (Å²) in [4.78, 5) is 25.3. The second kappa shape index (κ2) is 16.8. The predicted octanol–water partition coefficient (Wildman–Crippen LogP) is 6.25. The van der Waals surface area contributed by atoms with Crippen LogP contribution < -0.4 is 5.73 Å². The molecule has 8 nitrogen and oxygen atoms in total. The van der Waals surface area contributed by atoms with E-state index < -0.39 is 24.4 Å². The molecule has 0 radical (unpaired) electrons. The molecule has 0 amide bonds. The van der Waals surface area contributed by atoms with Crippen molar-refractivity contribution in [3.63, 3.8) is 0 Å². The number of aliphatic hydroxyl groups is 1. The number of aryl methyl sites for hydroxylation is 1. The molecule has 41 heavy (non-hydrogen) atoms. The molecule has 3 heterocycles. The Morgan fingerprint density at radius 1 is 1.17 bits per heavy atom. The molecule has 1 aromatic heterocycles. The molecule has 0 bridgehead atoms. The highest BCUT2D eigenvalue weighted by Crippen LogP contribution is 2.38. The van der Waals surface area contributed by atoms with Crippen LogP contribution in [-0.4, -0.2) is 51.7 Å². The Bertz CT molecular complexity index is 1050. The van der Waals surface area contributed by atoms with Gasteiger partial charge in [-0.2, -0.15) is 9.37 Å². The van der Waals surface area contributed by atoms with E-state index in [9.17, 15) is 14.3 Å². The summed E-state index contributed by atoms with van der Waals surface area (Å²) in [6.45, 7) is 3.95. The molecule has 2 unspecified atom stereocenters. The van der Waals surface area contributed by atoms with Crippen molar-refractivity contribution >= 4 is 23.7 Å². The van der Waals surface area contributed by atoms with Crippen LogP contribution in [0.4, 0.5) is 15.9 Å². The first-order valence-corrected chi connectivity index (χ1v) is 15.7. The van der Waals surface area contributed by atoms with E-state index >= 15 is 0 Å². The standard InChI is InChI=1S/C32H49FN4O4/c1-4-7-9-11-12-14-16-24(15-13-10-8-5-2)30(39)40-27-20-25(41-32(27,6-3)22-38)19-23-17-18-26-28(35-21-23)29(34)37-31(33)36-26/h3,21,23-25,27,38H,4-5,7-20,22H2,1-2H3,(H2,34,36,37)/t23?,24?,25-,27-,32+/m0/s1. The fourth-order valence-corrected chi connectivity index (χ4v) is 5.95. The largest absolute Gasteiger partial charge is 0.458 e. The Morgan fingerprint density at radius 3 is 2.49 bits per heavy atom. The number of aliphatic hydroxyl groups excluding tert-OH is 1. The van der Waals surface area contributed by atoms with Gasteiger partial charge in [0.1, 0.15) is 11.8 Å². The minimum Gasteiger partial charge on any atom is -0.458 e. The van der Waals surface area contributed by atoms with Crippen molar-refractivity contribution in [2.45, 2.75) is 134 Å². The van der Waals surface area contributed by atoms with Crippen LogP contribution in [0.3, 0.4) is 0 Å². The van der Waals surface area contributed by atoms with Crippen LogP contribution in [0.2, 0.25) is 0 Å². The average Bonchev–Trinajstić information content (AvgIpc) is 3.16. The van der Waals surface area contributed by atoms with Gasteiger partial charge in [0, 0.05) is 12.6 Å². The minimum atomic E-state index is -1.38. The van der Waals surface area contributed by atoms with Crippen LogP contribution >= 0.6 is 0 Å². The Balaban J connectivity index is 1.62. The minimum absolute atomic E-state index is 0.0145. The van der Waals surface area contributed by atoms with Gasteiger partial charge in [-0.25, -0.2) is 4.98 Å². The molecular formula is C32H49FN4O4. The quantitative estimate of drug-likeness (QED) is 0.0979. The van der Waals surface area contributed by atoms with E-state index in [0.717, 1.165) is 51.4 Å². The molecule has 2 aliphatic rings. The number of carbonyl (C=O) groups is 1. The van der Waals surface area contributed by atoms with E-state index in [0.29, 0.717) is 37.1 Å². The van der Waals surface area contributed by atoms with E-state index in [1.165, 1.54) is 25.7 Å². The molecule has 0 aliphatic carbocycles. The first-order valence-electron chi connectivity index (χ1n) is 15.7. The Labute approximate surface area is 245 Å². The summed E-state index contributed by atoms with van der Waals surface area (Å²) in [6.07, 6.45) is 20.8. The van der Waals surface area contributed by atoms with Gasteiger partial charge in [-0.1, -0.05) is 84.0 Å². The fraction of sp³-hybridized carbons (Fsp3) is 0.750. The number of rotatable bonds is 17. The molecule has 1 saturated heterocycles. The average molecular weight is 573 g/mol. The lowest BCUT2D eigenvalue weighted by Gasteiger charge is -2.28. The highest BCUT2D eigenvalue weighted by molar-refractivity contribution is 5.73. The number of hydrogen-bond acceptors (Lipinski definition) is 8. The SMILES string of the molecule is C#C[C@]1(CO)O[C@@H](CC2C=Nc3c(N)nc(F)nc3CC2)C[C@@H]1OC(=O)C(CCCCCC)CCCCCCCC. The van der Waals surface area contributed by atoms with Gasteiger partial charge in [-0.3, -0.25) is 9.79 Å². The van der Waals surface area contributed by atoms with Crippen LogP contribution in [-0.2, 0) is 20.7 Å². The van der Waals surface area contributed by atoms with Crippen LogP contribution in [0.1, 0.15) is 116 Å². The van der Waals surface area contributed by atoms with Crippen molar-refractivity contribution in [3.05, 3.63) is 11.8 Å². The zero-order chi connectivity index (χ0) is 29.7. The summed E-state index contributed by atoms with van der Waals surface area (Å²) in [6, 6.07) is 0. The summed E-state index contributed by atoms with van der Waals surface area (Å²) < 4.78 is 25.9. The summed E-state index contributed by atoms with van der Waals surface area (Å²) in [5, 5.41) is 10.3. The summed E-state index contributed by atoms with van der Waals surface area (Å²) in [7, 11) is 0. The number of nitrogen functional groups attached to an aromatic ring is 1. The van der Waals surface area contributed by atoms with Gasteiger partial charge in [0.2, 0.25) is 0 Å². The molecule has 0 aromatic carbocycles. The lowest BCUT2D eigenvalue weighted by Crippen LogP contribution is -2.45. The molecule has 3 rings (SSSR count). The zero-order valence-electron chi connectivity index (χ0n) is 25.0. The number of nitrogens with zero attached hydrogens (tertiary/aromatic N) is 3. The number of halogens is 1. The number of ether oxygens (including phenoxy) is 2. The number of carbonyl (C=O) groups excluding carboxylic acids is 1. The molecule has 9 heteroatoms. The Morgan fingerprint density at radius 2 is 1.83 bits per heavy atom. The number of aliphatic imine (C=N–C) groups is 1. The number of aromatic nitrogens is 2. The van der Waals surface area contributed by atoms with Crippen molar-refractivity contribution in [1.82, 2.24) is 9.97 Å². The molecule has 3 N–H and O–H groups in total. The highest BCUT2D eigenvalue weighted by Gasteiger charge is 2.50. The molecule has 1 fully saturated rings. The third kappa shape index (κ3) is 9.47. The van der Waals surface area contributed by atoms with E-state index in [2.05, 4.69) is 34.7 Å². The van der Waals surface area contributed by atoms with Crippen molar-refractivity contribution in [3.8, 4) is 12.3 Å². The highest BCUT2D eigenvalue weighted by atomic mass is 19.1. The van der Waals surface area contributed by atoms with Crippen LogP contribution in [0.25, 0.3) is 0 Å². The third-order valence-corrected chi connectivity index (χ3v) is 8.45. The number of terminal acetylenes is 1. The second-order valence-corrected chi connectivity index (χ2v) is 11.7. The number of hydrogen-bond donors (Lipinski definition) is 2. The second-order valence-electron chi connectivity index (χ2n) is 11.7. The topological polar surface area (TPSA) is 120 Å². The van der Waals surface area contributed by atoms with Gasteiger partial charge >= 0.3 is 12.0 Å². The number of esters is 1. The van der Waals surface area contributed by atoms with Gasteiger partial charge in [0.05, 0.1) is 24.3 Å². The molecule has 0 spiro atoms. The van der Waals surface area contributed by atoms with E-state index in [-0.39, 0.29) is 29.7 Å². The first-order chi connectivity index (χ1) is 19.9. The maximum absolute atomic E-state index is 13.7. The third-order valence-electron chi connectivity index (χ3n) is 8.45. The van der Waals surface area contributed by atoms with E-state index in [1.807, 2.05) is 0 Å². The molecule has 2 aliphatic heterocycles. The predicted molar refractivity (Wildman–Crippen MR) is 159 cm³/mol. The van der Waals surface area contributed by atoms with Gasteiger partial charge in [0.15, 0.2) is 11.4 Å². The number of unbranched alkanes of at least 4 members (excludes halogenated alkanes) is 8. The summed E-state index contributed by atoms with van der Waals surface area (Å²) in [5.41, 5.74) is 5.36. The number of anilines is 1. The lowest BCUT2D eigenvalue weighted by atomic mass is 9.92. The van der Waals surface area contributed by atoms with E-state index in [1.54, 1.807) is 6.21 Å². The lowest BCUT2D eigenvalue weighted by molar-refractivity contribution is -0.163. The number of nitrogens with two attached hydrogens (primary N) is 1. The van der Waals surface area contributed by atoms with Crippen LogP contribution in [0, 0.1) is 30.3 Å². The van der Waals surface area contributed by atoms with E-state index in [4.69, 9.17) is 21.6 Å². The van der Waals surface area contributed by atoms with Gasteiger partial charge in [-0.05, 0) is 38.0 Å². The van der Waals surface area contributed by atoms with Crippen molar-refractivity contribution in [2.75, 3.05) is 12.3 Å². The van der Waals surface area contributed by atoms with Crippen molar-refractivity contribution < 1.29 is 23.8 Å². The normalized spacial score (nSPS) is 24.4. The van der Waals surface area contributed by atoms with Gasteiger partial charge in [-0.15, -0.1) is 6.42 Å². The summed E-state index contributed by atoms with van der Waals surface area (Å²) in [5.74, 6) is 2.19. The zero-order valence-corrected chi connectivity index (χ0v) is 25.0. The van der Waals surface area contributed by atoms with Gasteiger partial charge in [0.25, 0.3) is 0 Å². The smallest absolute Gasteiger partial charge is 0.310 e. The molecule has 1 aromatic rings. The maximum atomic E-state index is 13.7. The Hall–Kier alpha value is -2.57. The number of fused-ring (bicyclic) bond motifs is 1. The van der Waals surface area contributed by atoms with Crippen molar-refractivity contribution in [2.24, 2.45) is 16.8 Å². The Kier molecular flexibility index (Phi) is 13.5. The first kappa shape index (κ1) is 32.9. The van der Waals surface area contributed by atoms with Crippen LogP contribution in [0.15, 0.2) is 4.99 Å². The summed E-state index contributed by atoms with van der Waals surface area (Å²) >= 11 is 0. The van der Waals surface area contributed by atoms with Crippen LogP contribution in [0.5, 0.6) is 0 Å². The maximum Gasteiger partial charge on any atom is 0.310 e. The molecule has 228 valence electrons. The monoisotopic (exact) mass is 572 g/mol. The van der Waals surface area contributed by atoms with Gasteiger partial charge < -0.3 is 20.3 Å². The fourth-order valence-electron chi connectivity index (χ4n) is 5.95. The molecule has 5 atom stereocenters.